The Morgan fingerprint density at radius 1 is 0.960 bits per heavy atom. The third-order valence-electron chi connectivity index (χ3n) is 3.42. The van der Waals surface area contributed by atoms with Crippen LogP contribution in [0.3, 0.4) is 0 Å². The minimum Gasteiger partial charge on any atom is -0.482 e. The van der Waals surface area contributed by atoms with Crippen LogP contribution in [0.15, 0.2) is 53.0 Å². The van der Waals surface area contributed by atoms with Crippen LogP contribution in [0.4, 0.5) is 0 Å². The van der Waals surface area contributed by atoms with Gasteiger partial charge in [0.15, 0.2) is 18.5 Å². The quantitative estimate of drug-likeness (QED) is 0.517. The molecule has 0 spiro atoms. The van der Waals surface area contributed by atoms with Gasteiger partial charge in [-0.1, -0.05) is 28.1 Å². The second kappa shape index (κ2) is 8.58. The number of ether oxygens (including phenoxy) is 2. The predicted octanol–water partition coefficient (Wildman–Crippen LogP) is 3.85. The first-order valence-corrected chi connectivity index (χ1v) is 8.39. The van der Waals surface area contributed by atoms with Gasteiger partial charge in [0.25, 0.3) is 0 Å². The average molecular weight is 405 g/mol. The van der Waals surface area contributed by atoms with E-state index in [-0.39, 0.29) is 18.2 Å². The van der Waals surface area contributed by atoms with Crippen LogP contribution in [-0.2, 0) is 9.53 Å². The Bertz CT molecular complexity index is 765. The van der Waals surface area contributed by atoms with Crippen molar-refractivity contribution in [1.29, 1.82) is 0 Å². The summed E-state index contributed by atoms with van der Waals surface area (Å²) in [6.07, 6.45) is -0.905. The summed E-state index contributed by atoms with van der Waals surface area (Å²) < 4.78 is 11.3. The molecule has 1 atom stereocenters. The van der Waals surface area contributed by atoms with E-state index in [1.807, 2.05) is 0 Å². The van der Waals surface area contributed by atoms with Crippen LogP contribution in [-0.4, -0.2) is 30.2 Å². The molecular formula is C19H17BrO5. The predicted molar refractivity (Wildman–Crippen MR) is 96.0 cm³/mol. The van der Waals surface area contributed by atoms with E-state index in [0.29, 0.717) is 16.9 Å². The largest absolute Gasteiger partial charge is 0.482 e. The number of carbonyl (C=O) groups is 3. The third-order valence-corrected chi connectivity index (χ3v) is 3.95. The van der Waals surface area contributed by atoms with E-state index in [2.05, 4.69) is 15.9 Å². The molecule has 0 amide bonds. The maximum atomic E-state index is 12.2. The molecule has 0 aliphatic carbocycles. The smallest absolute Gasteiger partial charge is 0.344 e. The van der Waals surface area contributed by atoms with Crippen LogP contribution >= 0.6 is 15.9 Å². The lowest BCUT2D eigenvalue weighted by Crippen LogP contribution is -2.27. The van der Waals surface area contributed by atoms with E-state index in [4.69, 9.17) is 9.47 Å². The van der Waals surface area contributed by atoms with Crippen LogP contribution in [0, 0.1) is 0 Å². The van der Waals surface area contributed by atoms with Gasteiger partial charge in [0.05, 0.1) is 0 Å². The number of carbonyl (C=O) groups excluding carboxylic acids is 3. The molecule has 0 saturated carbocycles. The molecule has 0 bridgehead atoms. The number of rotatable bonds is 7. The number of halogens is 1. The van der Waals surface area contributed by atoms with Gasteiger partial charge >= 0.3 is 5.97 Å². The molecule has 0 unspecified atom stereocenters. The zero-order chi connectivity index (χ0) is 18.4. The fourth-order valence-electron chi connectivity index (χ4n) is 2.06. The molecule has 0 aromatic heterocycles. The monoisotopic (exact) mass is 404 g/mol. The summed E-state index contributed by atoms with van der Waals surface area (Å²) in [5, 5.41) is 0. The van der Waals surface area contributed by atoms with Gasteiger partial charge in [-0.25, -0.2) is 4.79 Å². The lowest BCUT2D eigenvalue weighted by Gasteiger charge is -2.13. The molecule has 0 heterocycles. The van der Waals surface area contributed by atoms with Crippen LogP contribution in [0.25, 0.3) is 0 Å². The fourth-order valence-corrected chi connectivity index (χ4v) is 2.33. The Kier molecular flexibility index (Phi) is 6.47. The Morgan fingerprint density at radius 3 is 2.08 bits per heavy atom. The van der Waals surface area contributed by atoms with E-state index < -0.39 is 12.1 Å². The molecule has 0 radical (unpaired) electrons. The zero-order valence-electron chi connectivity index (χ0n) is 13.8. The average Bonchev–Trinajstić information content (AvgIpc) is 2.60. The van der Waals surface area contributed by atoms with Crippen molar-refractivity contribution in [2.45, 2.75) is 20.0 Å². The molecular weight excluding hydrogens is 388 g/mol. The highest BCUT2D eigenvalue weighted by molar-refractivity contribution is 9.10. The lowest BCUT2D eigenvalue weighted by atomic mass is 10.1. The van der Waals surface area contributed by atoms with E-state index in [1.54, 1.807) is 48.5 Å². The van der Waals surface area contributed by atoms with Gasteiger partial charge < -0.3 is 9.47 Å². The van der Waals surface area contributed by atoms with E-state index in [0.717, 1.165) is 4.47 Å². The number of ketones is 2. The first-order chi connectivity index (χ1) is 11.9. The first kappa shape index (κ1) is 18.9. The topological polar surface area (TPSA) is 69.7 Å². The summed E-state index contributed by atoms with van der Waals surface area (Å²) in [5.41, 5.74) is 1.02. The van der Waals surface area contributed by atoms with Crippen LogP contribution in [0.5, 0.6) is 5.75 Å². The van der Waals surface area contributed by atoms with Crippen LogP contribution < -0.4 is 4.74 Å². The van der Waals surface area contributed by atoms with Crippen LogP contribution in [0.2, 0.25) is 0 Å². The molecule has 6 heteroatoms. The molecule has 0 N–H and O–H groups in total. The maximum absolute atomic E-state index is 12.2. The van der Waals surface area contributed by atoms with E-state index >= 15 is 0 Å². The highest BCUT2D eigenvalue weighted by Crippen LogP contribution is 2.14. The van der Waals surface area contributed by atoms with Crippen molar-refractivity contribution in [3.05, 3.63) is 64.1 Å². The number of hydrogen-bond acceptors (Lipinski definition) is 5. The summed E-state index contributed by atoms with van der Waals surface area (Å²) >= 11 is 3.30. The van der Waals surface area contributed by atoms with Crippen molar-refractivity contribution in [2.75, 3.05) is 6.61 Å². The molecule has 5 nitrogen and oxygen atoms in total. The Balaban J connectivity index is 1.85. The molecule has 0 saturated heterocycles. The van der Waals surface area contributed by atoms with E-state index in [1.165, 1.54) is 13.8 Å². The summed E-state index contributed by atoms with van der Waals surface area (Å²) in [7, 11) is 0. The van der Waals surface area contributed by atoms with Gasteiger partial charge in [-0.2, -0.15) is 0 Å². The molecule has 2 aromatic rings. The Labute approximate surface area is 154 Å². The highest BCUT2D eigenvalue weighted by atomic mass is 79.9. The van der Waals surface area contributed by atoms with Gasteiger partial charge in [-0.15, -0.1) is 0 Å². The number of esters is 1. The maximum Gasteiger partial charge on any atom is 0.344 e. The molecule has 0 fully saturated rings. The van der Waals surface area contributed by atoms with Crippen molar-refractivity contribution in [3.8, 4) is 5.75 Å². The molecule has 0 aliphatic heterocycles. The normalized spacial score (nSPS) is 11.5. The molecule has 0 aliphatic rings. The summed E-state index contributed by atoms with van der Waals surface area (Å²) in [6, 6.07) is 13.2. The fraction of sp³-hybridized carbons (Fsp3) is 0.211. The molecule has 25 heavy (non-hydrogen) atoms. The van der Waals surface area contributed by atoms with Gasteiger partial charge in [0, 0.05) is 15.6 Å². The standard InChI is InChI=1S/C19H17BrO5/c1-12(21)14-5-9-17(10-6-14)24-11-18(22)25-13(2)19(23)15-3-7-16(20)8-4-15/h3-10,13H,11H2,1-2H3/t13-/m1/s1. The second-order valence-corrected chi connectivity index (χ2v) is 6.29. The van der Waals surface area contributed by atoms with Crippen molar-refractivity contribution in [3.63, 3.8) is 0 Å². The van der Waals surface area contributed by atoms with Crippen molar-refractivity contribution in [2.24, 2.45) is 0 Å². The Morgan fingerprint density at radius 2 is 1.52 bits per heavy atom. The number of hydrogen-bond donors (Lipinski definition) is 0. The van der Waals surface area contributed by atoms with Crippen molar-refractivity contribution >= 4 is 33.5 Å². The first-order valence-electron chi connectivity index (χ1n) is 7.60. The Hall–Kier alpha value is -2.47. The lowest BCUT2D eigenvalue weighted by molar-refractivity contribution is -0.148. The third kappa shape index (κ3) is 5.53. The van der Waals surface area contributed by atoms with E-state index in [9.17, 15) is 14.4 Å². The molecule has 130 valence electrons. The SMILES string of the molecule is CC(=O)c1ccc(OCC(=O)O[C@H](C)C(=O)c2ccc(Br)cc2)cc1. The van der Waals surface area contributed by atoms with Crippen LogP contribution in [0.1, 0.15) is 34.6 Å². The zero-order valence-corrected chi connectivity index (χ0v) is 15.4. The van der Waals surface area contributed by atoms with Gasteiger partial charge in [-0.05, 0) is 50.2 Å². The summed E-state index contributed by atoms with van der Waals surface area (Å²) in [4.78, 5) is 35.2. The van der Waals surface area contributed by atoms with Gasteiger partial charge in [0.2, 0.25) is 5.78 Å². The summed E-state index contributed by atoms with van der Waals surface area (Å²) in [6.45, 7) is 2.67. The number of Topliss-reactive ketones (excluding diaryl/α,β-unsaturated/α-hetero) is 2. The van der Waals surface area contributed by atoms with Gasteiger partial charge in [-0.3, -0.25) is 9.59 Å². The molecule has 2 aromatic carbocycles. The summed E-state index contributed by atoms with van der Waals surface area (Å²) in [5.74, 6) is -0.541. The second-order valence-electron chi connectivity index (χ2n) is 5.37. The van der Waals surface area contributed by atoms with Gasteiger partial charge in [0.1, 0.15) is 5.75 Å². The minimum atomic E-state index is -0.905. The number of benzene rings is 2. The molecule has 2 rings (SSSR count). The van der Waals surface area contributed by atoms with Crippen molar-refractivity contribution < 1.29 is 23.9 Å². The van der Waals surface area contributed by atoms with Crippen molar-refractivity contribution in [1.82, 2.24) is 0 Å². The minimum absolute atomic E-state index is 0.0498. The highest BCUT2D eigenvalue weighted by Gasteiger charge is 2.19.